The number of halogens is 4. The maximum atomic E-state index is 13.1. The number of hydrazone groups is 1. The number of hydrogen-bond acceptors (Lipinski definition) is 7. The van der Waals surface area contributed by atoms with E-state index < -0.39 is 11.7 Å². The molecule has 0 fully saturated rings. The van der Waals surface area contributed by atoms with Crippen LogP contribution in [0.5, 0.6) is 0 Å². The maximum Gasteiger partial charge on any atom is 0.417 e. The first-order valence-corrected chi connectivity index (χ1v) is 8.63. The molecule has 0 aliphatic carbocycles. The fourth-order valence-corrected chi connectivity index (χ4v) is 2.36. The summed E-state index contributed by atoms with van der Waals surface area (Å²) >= 11 is 0. The number of nitrogens with one attached hydrogen (secondary N) is 2. The van der Waals surface area contributed by atoms with E-state index in [0.717, 1.165) is 12.3 Å². The highest BCUT2D eigenvalue weighted by molar-refractivity contribution is 5.82. The second kappa shape index (κ2) is 8.72. The van der Waals surface area contributed by atoms with Crippen molar-refractivity contribution in [3.63, 3.8) is 0 Å². The van der Waals surface area contributed by atoms with Crippen LogP contribution in [0.25, 0.3) is 0 Å². The molecule has 156 valence electrons. The monoisotopic (exact) mass is 419 g/mol. The first kappa shape index (κ1) is 21.0. The zero-order valence-corrected chi connectivity index (χ0v) is 15.9. The van der Waals surface area contributed by atoms with E-state index in [1.807, 2.05) is 0 Å². The topological polar surface area (TPSA) is 78.3 Å². The van der Waals surface area contributed by atoms with Gasteiger partial charge < -0.3 is 10.2 Å². The fraction of sp³-hybridized carbons (Fsp3) is 0.158. The lowest BCUT2D eigenvalue weighted by Gasteiger charge is -2.13. The quantitative estimate of drug-likeness (QED) is 0.353. The number of aromatic nitrogens is 3. The summed E-state index contributed by atoms with van der Waals surface area (Å²) in [5, 5.41) is 6.73. The summed E-state index contributed by atoms with van der Waals surface area (Å²) in [6.07, 6.45) is -3.46. The van der Waals surface area contributed by atoms with Crippen LogP contribution in [0.4, 0.5) is 41.1 Å². The molecule has 0 radical (unpaired) electrons. The van der Waals surface area contributed by atoms with Crippen molar-refractivity contribution in [3.05, 3.63) is 65.5 Å². The number of benzene rings is 2. The Balaban J connectivity index is 1.83. The average Bonchev–Trinajstić information content (AvgIpc) is 2.69. The normalized spacial score (nSPS) is 11.5. The molecule has 11 heteroatoms. The van der Waals surface area contributed by atoms with Crippen LogP contribution in [-0.2, 0) is 6.18 Å². The van der Waals surface area contributed by atoms with E-state index in [-0.39, 0.29) is 29.2 Å². The Labute approximate surface area is 169 Å². The summed E-state index contributed by atoms with van der Waals surface area (Å²) in [4.78, 5) is 14.1. The molecule has 0 saturated carbocycles. The molecule has 3 aromatic rings. The summed E-state index contributed by atoms with van der Waals surface area (Å²) in [6, 6.07) is 10.6. The van der Waals surface area contributed by atoms with Crippen molar-refractivity contribution in [1.29, 1.82) is 0 Å². The van der Waals surface area contributed by atoms with Crippen molar-refractivity contribution in [2.75, 3.05) is 29.7 Å². The molecule has 2 aromatic carbocycles. The van der Waals surface area contributed by atoms with E-state index in [0.29, 0.717) is 5.69 Å². The van der Waals surface area contributed by atoms with Gasteiger partial charge in [0, 0.05) is 25.3 Å². The minimum absolute atomic E-state index is 0.0130. The van der Waals surface area contributed by atoms with Gasteiger partial charge in [-0.1, -0.05) is 18.2 Å². The van der Waals surface area contributed by atoms with Gasteiger partial charge in [0.15, 0.2) is 0 Å². The van der Waals surface area contributed by atoms with E-state index >= 15 is 0 Å². The lowest BCUT2D eigenvalue weighted by molar-refractivity contribution is -0.137. The molecular formula is C19H17F4N7. The highest BCUT2D eigenvalue weighted by Crippen LogP contribution is 2.31. The van der Waals surface area contributed by atoms with Gasteiger partial charge >= 0.3 is 6.18 Å². The highest BCUT2D eigenvalue weighted by Gasteiger charge is 2.32. The lowest BCUT2D eigenvalue weighted by atomic mass is 10.1. The van der Waals surface area contributed by atoms with Gasteiger partial charge in [-0.25, -0.2) is 9.82 Å². The number of hydrogen-bond donors (Lipinski definition) is 2. The Bertz CT molecular complexity index is 1030. The first-order chi connectivity index (χ1) is 14.2. The molecule has 0 spiro atoms. The van der Waals surface area contributed by atoms with Crippen LogP contribution in [0, 0.1) is 5.82 Å². The summed E-state index contributed by atoms with van der Waals surface area (Å²) in [5.41, 5.74) is 2.14. The predicted molar refractivity (Wildman–Crippen MR) is 106 cm³/mol. The second-order valence-electron chi connectivity index (χ2n) is 6.26. The van der Waals surface area contributed by atoms with Gasteiger partial charge in [0.1, 0.15) is 5.82 Å². The molecule has 7 nitrogen and oxygen atoms in total. The van der Waals surface area contributed by atoms with Crippen molar-refractivity contribution in [2.45, 2.75) is 6.18 Å². The van der Waals surface area contributed by atoms with Crippen LogP contribution in [0.3, 0.4) is 0 Å². The number of rotatable bonds is 6. The minimum Gasteiger partial charge on any atom is -0.347 e. The van der Waals surface area contributed by atoms with E-state index in [1.54, 1.807) is 19.0 Å². The molecule has 0 bridgehead atoms. The van der Waals surface area contributed by atoms with E-state index in [4.69, 9.17) is 0 Å². The third kappa shape index (κ3) is 5.40. The molecule has 30 heavy (non-hydrogen) atoms. The van der Waals surface area contributed by atoms with Crippen molar-refractivity contribution in [1.82, 2.24) is 15.0 Å². The molecular weight excluding hydrogens is 402 g/mol. The van der Waals surface area contributed by atoms with Crippen LogP contribution in [-0.4, -0.2) is 35.3 Å². The molecule has 2 N–H and O–H groups in total. The molecule has 1 aromatic heterocycles. The zero-order chi connectivity index (χ0) is 21.7. The Kier molecular flexibility index (Phi) is 6.09. The van der Waals surface area contributed by atoms with Crippen LogP contribution in [0.15, 0.2) is 53.6 Å². The Morgan fingerprint density at radius 3 is 2.27 bits per heavy atom. The second-order valence-corrected chi connectivity index (χ2v) is 6.26. The zero-order valence-electron chi connectivity index (χ0n) is 15.9. The molecule has 0 atom stereocenters. The third-order valence-electron chi connectivity index (χ3n) is 3.76. The average molecular weight is 419 g/mol. The molecule has 0 amide bonds. The molecule has 0 saturated heterocycles. The molecule has 1 heterocycles. The smallest absolute Gasteiger partial charge is 0.347 e. The first-order valence-electron chi connectivity index (χ1n) is 8.63. The molecule has 0 aliphatic heterocycles. The summed E-state index contributed by atoms with van der Waals surface area (Å²) in [7, 11) is 3.42. The van der Waals surface area contributed by atoms with Gasteiger partial charge in [0.05, 0.1) is 11.8 Å². The van der Waals surface area contributed by atoms with Crippen LogP contribution < -0.4 is 15.6 Å². The number of alkyl halides is 3. The van der Waals surface area contributed by atoms with Gasteiger partial charge in [-0.15, -0.1) is 0 Å². The maximum absolute atomic E-state index is 13.1. The van der Waals surface area contributed by atoms with Crippen LogP contribution >= 0.6 is 0 Å². The van der Waals surface area contributed by atoms with Crippen molar-refractivity contribution in [3.8, 4) is 0 Å². The fourth-order valence-electron chi connectivity index (χ4n) is 2.36. The largest absolute Gasteiger partial charge is 0.417 e. The van der Waals surface area contributed by atoms with Gasteiger partial charge in [-0.2, -0.15) is 33.2 Å². The molecule has 0 aliphatic rings. The number of anilines is 4. The summed E-state index contributed by atoms with van der Waals surface area (Å²) in [6.45, 7) is 0. The Morgan fingerprint density at radius 1 is 0.933 bits per heavy atom. The third-order valence-corrected chi connectivity index (χ3v) is 3.76. The van der Waals surface area contributed by atoms with E-state index in [1.165, 1.54) is 42.5 Å². The molecule has 3 rings (SSSR count). The standard InChI is InChI=1S/C19H17F4N7/c1-30(2)18-27-16(25-14-9-7-13(20)8-10-14)26-17(28-18)29-24-11-12-5-3-4-6-15(12)19(21,22)23/h3-11H,1-2H3,(H2,25,26,27,28,29)/b24-11+. The summed E-state index contributed by atoms with van der Waals surface area (Å²) in [5.74, 6) is 0.0526. The van der Waals surface area contributed by atoms with Crippen molar-refractivity contribution < 1.29 is 17.6 Å². The van der Waals surface area contributed by atoms with Gasteiger partial charge in [0.25, 0.3) is 0 Å². The van der Waals surface area contributed by atoms with Gasteiger partial charge in [-0.05, 0) is 30.3 Å². The van der Waals surface area contributed by atoms with E-state index in [9.17, 15) is 17.6 Å². The van der Waals surface area contributed by atoms with Crippen molar-refractivity contribution >= 4 is 29.7 Å². The number of nitrogens with zero attached hydrogens (tertiary/aromatic N) is 5. The molecule has 0 unspecified atom stereocenters. The Hall–Kier alpha value is -3.76. The van der Waals surface area contributed by atoms with Crippen LogP contribution in [0.2, 0.25) is 0 Å². The minimum atomic E-state index is -4.50. The lowest BCUT2D eigenvalue weighted by Crippen LogP contribution is -2.15. The van der Waals surface area contributed by atoms with Crippen LogP contribution in [0.1, 0.15) is 11.1 Å². The van der Waals surface area contributed by atoms with Gasteiger partial charge in [0.2, 0.25) is 17.8 Å². The Morgan fingerprint density at radius 2 is 1.60 bits per heavy atom. The highest BCUT2D eigenvalue weighted by atomic mass is 19.4. The SMILES string of the molecule is CN(C)c1nc(N/N=C/c2ccccc2C(F)(F)F)nc(Nc2ccc(F)cc2)n1. The predicted octanol–water partition coefficient (Wildman–Crippen LogP) is 4.29. The van der Waals surface area contributed by atoms with Gasteiger partial charge in [-0.3, -0.25) is 0 Å². The van der Waals surface area contributed by atoms with Crippen molar-refractivity contribution in [2.24, 2.45) is 5.10 Å². The summed E-state index contributed by atoms with van der Waals surface area (Å²) < 4.78 is 52.3. The van der Waals surface area contributed by atoms with E-state index in [2.05, 4.69) is 30.8 Å².